The van der Waals surface area contributed by atoms with E-state index < -0.39 is 0 Å². The quantitative estimate of drug-likeness (QED) is 0.762. The highest BCUT2D eigenvalue weighted by Gasteiger charge is 2.03. The average molecular weight is 229 g/mol. The molecule has 15 heavy (non-hydrogen) atoms. The predicted molar refractivity (Wildman–Crippen MR) is 65.4 cm³/mol. The number of halogens is 1. The van der Waals surface area contributed by atoms with Gasteiger partial charge in [0, 0.05) is 18.7 Å². The minimum Gasteiger partial charge on any atom is -0.397 e. The molecule has 3 N–H and O–H groups in total. The molecule has 0 aliphatic rings. The maximum atomic E-state index is 5.87. The van der Waals surface area contributed by atoms with E-state index in [0.29, 0.717) is 16.6 Å². The first-order valence-electron chi connectivity index (χ1n) is 4.91. The summed E-state index contributed by atoms with van der Waals surface area (Å²) >= 11 is 5.87. The summed E-state index contributed by atoms with van der Waals surface area (Å²) in [4.78, 5) is 0. The van der Waals surface area contributed by atoms with Crippen LogP contribution in [0.1, 0.15) is 6.92 Å². The summed E-state index contributed by atoms with van der Waals surface area (Å²) < 4.78 is 5.05. The van der Waals surface area contributed by atoms with E-state index >= 15 is 0 Å². The van der Waals surface area contributed by atoms with E-state index in [9.17, 15) is 0 Å². The van der Waals surface area contributed by atoms with Crippen LogP contribution in [0.3, 0.4) is 0 Å². The first-order chi connectivity index (χ1) is 7.13. The Labute approximate surface area is 95.6 Å². The topological polar surface area (TPSA) is 47.3 Å². The molecule has 84 valence electrons. The number of anilines is 2. The number of nitrogen functional groups attached to an aromatic ring is 1. The lowest BCUT2D eigenvalue weighted by atomic mass is 10.2. The van der Waals surface area contributed by atoms with Crippen molar-refractivity contribution >= 4 is 23.0 Å². The number of methoxy groups -OCH3 is 1. The van der Waals surface area contributed by atoms with E-state index in [0.717, 1.165) is 18.8 Å². The normalized spacial score (nSPS) is 12.5. The van der Waals surface area contributed by atoms with Crippen molar-refractivity contribution in [2.75, 3.05) is 31.3 Å². The van der Waals surface area contributed by atoms with Crippen molar-refractivity contribution in [1.82, 2.24) is 0 Å². The van der Waals surface area contributed by atoms with Gasteiger partial charge in [0.15, 0.2) is 0 Å². The van der Waals surface area contributed by atoms with Crippen molar-refractivity contribution in [2.45, 2.75) is 6.92 Å². The molecular weight excluding hydrogens is 212 g/mol. The monoisotopic (exact) mass is 228 g/mol. The van der Waals surface area contributed by atoms with Crippen molar-refractivity contribution in [1.29, 1.82) is 0 Å². The van der Waals surface area contributed by atoms with Gasteiger partial charge < -0.3 is 15.8 Å². The summed E-state index contributed by atoms with van der Waals surface area (Å²) in [7, 11) is 1.70. The fourth-order valence-corrected chi connectivity index (χ4v) is 1.48. The van der Waals surface area contributed by atoms with Crippen LogP contribution >= 0.6 is 11.6 Å². The maximum Gasteiger partial charge on any atom is 0.0588 e. The Kier molecular flexibility index (Phi) is 4.72. The van der Waals surface area contributed by atoms with Crippen LogP contribution in [-0.4, -0.2) is 20.3 Å². The van der Waals surface area contributed by atoms with Crippen LogP contribution in [0, 0.1) is 5.92 Å². The number of benzene rings is 1. The first kappa shape index (κ1) is 12.1. The largest absolute Gasteiger partial charge is 0.397 e. The van der Waals surface area contributed by atoms with Crippen molar-refractivity contribution < 1.29 is 4.74 Å². The van der Waals surface area contributed by atoms with Gasteiger partial charge in [-0.1, -0.05) is 18.5 Å². The van der Waals surface area contributed by atoms with Crippen LogP contribution in [0.2, 0.25) is 5.02 Å². The van der Waals surface area contributed by atoms with Crippen molar-refractivity contribution in [3.8, 4) is 0 Å². The van der Waals surface area contributed by atoms with E-state index in [1.165, 1.54) is 0 Å². The zero-order chi connectivity index (χ0) is 11.3. The van der Waals surface area contributed by atoms with Crippen molar-refractivity contribution in [3.05, 3.63) is 23.2 Å². The molecule has 0 heterocycles. The van der Waals surface area contributed by atoms with Crippen LogP contribution in [0.15, 0.2) is 18.2 Å². The Hall–Kier alpha value is -0.930. The fraction of sp³-hybridized carbons (Fsp3) is 0.455. The molecule has 0 bridgehead atoms. The Morgan fingerprint density at radius 3 is 2.93 bits per heavy atom. The molecule has 0 aliphatic carbocycles. The summed E-state index contributed by atoms with van der Waals surface area (Å²) in [6.45, 7) is 3.66. The molecule has 0 saturated heterocycles. The van der Waals surface area contributed by atoms with Crippen LogP contribution < -0.4 is 11.1 Å². The highest BCUT2D eigenvalue weighted by atomic mass is 35.5. The molecule has 0 amide bonds. The lowest BCUT2D eigenvalue weighted by Gasteiger charge is -2.14. The molecule has 1 aromatic rings. The van der Waals surface area contributed by atoms with Crippen LogP contribution in [0.4, 0.5) is 11.4 Å². The van der Waals surface area contributed by atoms with Gasteiger partial charge in [0.05, 0.1) is 18.0 Å². The van der Waals surface area contributed by atoms with Crippen LogP contribution in [0.25, 0.3) is 0 Å². The second-order valence-electron chi connectivity index (χ2n) is 3.67. The van der Waals surface area contributed by atoms with Gasteiger partial charge in [-0.15, -0.1) is 0 Å². The summed E-state index contributed by atoms with van der Waals surface area (Å²) in [6.07, 6.45) is 0. The number of hydrogen-bond donors (Lipinski definition) is 2. The molecule has 0 aliphatic heterocycles. The van der Waals surface area contributed by atoms with E-state index in [1.54, 1.807) is 19.2 Å². The van der Waals surface area contributed by atoms with Crippen LogP contribution in [0.5, 0.6) is 0 Å². The van der Waals surface area contributed by atoms with Gasteiger partial charge in [0.2, 0.25) is 0 Å². The fourth-order valence-electron chi connectivity index (χ4n) is 1.31. The number of hydrogen-bond acceptors (Lipinski definition) is 3. The molecule has 0 saturated carbocycles. The molecule has 1 unspecified atom stereocenters. The third-order valence-electron chi connectivity index (χ3n) is 2.11. The van der Waals surface area contributed by atoms with E-state index in [2.05, 4.69) is 12.2 Å². The summed E-state index contributed by atoms with van der Waals surface area (Å²) in [6, 6.07) is 5.41. The Balaban J connectivity index is 2.53. The second-order valence-corrected chi connectivity index (χ2v) is 4.11. The van der Waals surface area contributed by atoms with E-state index in [4.69, 9.17) is 22.1 Å². The number of nitrogens with two attached hydrogens (primary N) is 1. The van der Waals surface area contributed by atoms with Gasteiger partial charge in [0.25, 0.3) is 0 Å². The van der Waals surface area contributed by atoms with Gasteiger partial charge >= 0.3 is 0 Å². The molecule has 1 atom stereocenters. The Morgan fingerprint density at radius 1 is 1.53 bits per heavy atom. The van der Waals surface area contributed by atoms with Gasteiger partial charge in [-0.25, -0.2) is 0 Å². The third kappa shape index (κ3) is 3.98. The SMILES string of the molecule is COCC(C)CNc1cc(Cl)ccc1N. The highest BCUT2D eigenvalue weighted by molar-refractivity contribution is 6.31. The molecule has 3 nitrogen and oxygen atoms in total. The predicted octanol–water partition coefficient (Wildman–Crippen LogP) is 2.62. The molecule has 0 radical (unpaired) electrons. The second kappa shape index (κ2) is 5.83. The van der Waals surface area contributed by atoms with Gasteiger partial charge in [-0.3, -0.25) is 0 Å². The standard InChI is InChI=1S/C11H17ClN2O/c1-8(7-15-2)6-14-11-5-9(12)3-4-10(11)13/h3-5,8,14H,6-7,13H2,1-2H3. The summed E-state index contributed by atoms with van der Waals surface area (Å²) in [5.74, 6) is 0.438. The van der Waals surface area contributed by atoms with Crippen molar-refractivity contribution in [3.63, 3.8) is 0 Å². The van der Waals surface area contributed by atoms with Gasteiger partial charge in [-0.05, 0) is 24.1 Å². The van der Waals surface area contributed by atoms with Gasteiger partial charge in [-0.2, -0.15) is 0 Å². The van der Waals surface area contributed by atoms with E-state index in [1.807, 2.05) is 6.07 Å². The zero-order valence-corrected chi connectivity index (χ0v) is 9.84. The lowest BCUT2D eigenvalue weighted by Crippen LogP contribution is -2.16. The lowest BCUT2D eigenvalue weighted by molar-refractivity contribution is 0.164. The Morgan fingerprint density at radius 2 is 2.27 bits per heavy atom. The number of rotatable bonds is 5. The molecule has 0 aromatic heterocycles. The number of ether oxygens (including phenoxy) is 1. The zero-order valence-electron chi connectivity index (χ0n) is 9.09. The minimum absolute atomic E-state index is 0.438. The van der Waals surface area contributed by atoms with E-state index in [-0.39, 0.29) is 0 Å². The maximum absolute atomic E-state index is 5.87. The smallest absolute Gasteiger partial charge is 0.0588 e. The summed E-state index contributed by atoms with van der Waals surface area (Å²) in [5, 5.41) is 3.94. The minimum atomic E-state index is 0.438. The summed E-state index contributed by atoms with van der Waals surface area (Å²) in [5.41, 5.74) is 7.39. The van der Waals surface area contributed by atoms with Gasteiger partial charge in [0.1, 0.15) is 0 Å². The van der Waals surface area contributed by atoms with Crippen molar-refractivity contribution in [2.24, 2.45) is 5.92 Å². The average Bonchev–Trinajstić information content (AvgIpc) is 2.20. The molecule has 0 spiro atoms. The molecule has 1 rings (SSSR count). The van der Waals surface area contributed by atoms with Crippen LogP contribution in [-0.2, 0) is 4.74 Å². The third-order valence-corrected chi connectivity index (χ3v) is 2.34. The Bertz CT molecular complexity index is 317. The molecule has 4 heteroatoms. The first-order valence-corrected chi connectivity index (χ1v) is 5.29. The molecule has 0 fully saturated rings. The number of nitrogens with one attached hydrogen (secondary N) is 1. The molecular formula is C11H17ClN2O. The molecule has 1 aromatic carbocycles. The highest BCUT2D eigenvalue weighted by Crippen LogP contribution is 2.22.